The van der Waals surface area contributed by atoms with E-state index in [9.17, 15) is 4.79 Å². The molecule has 0 spiro atoms. The number of amides is 1. The van der Waals surface area contributed by atoms with E-state index in [-0.39, 0.29) is 18.9 Å². The Bertz CT molecular complexity index is 610. The minimum Gasteiger partial charge on any atom is -0.493 e. The molecule has 0 aromatic heterocycles. The maximum absolute atomic E-state index is 11.7. The van der Waals surface area contributed by atoms with Crippen LogP contribution in [0.3, 0.4) is 0 Å². The van der Waals surface area contributed by atoms with E-state index in [0.717, 1.165) is 0 Å². The van der Waals surface area contributed by atoms with E-state index in [1.54, 1.807) is 42.5 Å². The Labute approximate surface area is 132 Å². The lowest BCUT2D eigenvalue weighted by molar-refractivity contribution is -0.116. The zero-order valence-electron chi connectivity index (χ0n) is 11.1. The van der Waals surface area contributed by atoms with E-state index in [2.05, 4.69) is 5.32 Å². The van der Waals surface area contributed by atoms with Crippen LogP contribution in [-0.2, 0) is 4.79 Å². The van der Waals surface area contributed by atoms with Gasteiger partial charge in [0.25, 0.3) is 0 Å². The lowest BCUT2D eigenvalue weighted by atomic mass is 10.3. The van der Waals surface area contributed by atoms with Gasteiger partial charge in [0.1, 0.15) is 5.75 Å². The summed E-state index contributed by atoms with van der Waals surface area (Å²) < 4.78 is 5.45. The van der Waals surface area contributed by atoms with Gasteiger partial charge < -0.3 is 15.8 Å². The molecule has 4 nitrogen and oxygen atoms in total. The molecule has 6 heteroatoms. The van der Waals surface area contributed by atoms with Crippen LogP contribution in [-0.4, -0.2) is 12.5 Å². The molecule has 0 aliphatic heterocycles. The Balaban J connectivity index is 1.80. The first kappa shape index (κ1) is 15.5. The lowest BCUT2D eigenvalue weighted by Crippen LogP contribution is -2.15. The first-order valence-corrected chi connectivity index (χ1v) is 7.03. The highest BCUT2D eigenvalue weighted by Gasteiger charge is 2.04. The van der Waals surface area contributed by atoms with E-state index in [1.165, 1.54) is 0 Å². The van der Waals surface area contributed by atoms with E-state index < -0.39 is 0 Å². The molecule has 0 bridgehead atoms. The number of benzene rings is 2. The third kappa shape index (κ3) is 5.17. The third-order valence-corrected chi connectivity index (χ3v) is 3.06. The van der Waals surface area contributed by atoms with Crippen molar-refractivity contribution >= 4 is 40.5 Å². The topological polar surface area (TPSA) is 64.3 Å². The molecule has 2 rings (SSSR count). The summed E-state index contributed by atoms with van der Waals surface area (Å²) in [5.41, 5.74) is 6.91. The van der Waals surface area contributed by atoms with Gasteiger partial charge in [0.05, 0.1) is 13.0 Å². The molecule has 1 amide bonds. The van der Waals surface area contributed by atoms with Crippen LogP contribution >= 0.6 is 23.2 Å². The third-order valence-electron chi connectivity index (χ3n) is 2.63. The Kier molecular flexibility index (Phi) is 5.31. The molecule has 0 aliphatic rings. The first-order chi connectivity index (χ1) is 10.0. The summed E-state index contributed by atoms with van der Waals surface area (Å²) in [6.45, 7) is 0.234. The highest BCUT2D eigenvalue weighted by atomic mass is 35.5. The van der Waals surface area contributed by atoms with E-state index in [1.807, 2.05) is 0 Å². The van der Waals surface area contributed by atoms with Crippen LogP contribution in [0.15, 0.2) is 42.5 Å². The fourth-order valence-corrected chi connectivity index (χ4v) is 2.17. The number of carbonyl (C=O) groups excluding carboxylic acids is 1. The zero-order chi connectivity index (χ0) is 15.2. The van der Waals surface area contributed by atoms with Crippen LogP contribution in [0.5, 0.6) is 5.75 Å². The van der Waals surface area contributed by atoms with Crippen LogP contribution in [0.25, 0.3) is 0 Å². The second-order valence-corrected chi connectivity index (χ2v) is 5.25. The smallest absolute Gasteiger partial charge is 0.227 e. The monoisotopic (exact) mass is 324 g/mol. The maximum atomic E-state index is 11.7. The Morgan fingerprint density at radius 2 is 1.71 bits per heavy atom. The van der Waals surface area contributed by atoms with Gasteiger partial charge in [-0.15, -0.1) is 0 Å². The highest BCUT2D eigenvalue weighted by Crippen LogP contribution is 2.24. The molecule has 2 aromatic rings. The molecule has 0 atom stereocenters. The van der Waals surface area contributed by atoms with Gasteiger partial charge >= 0.3 is 0 Å². The maximum Gasteiger partial charge on any atom is 0.227 e. The molecule has 0 saturated heterocycles. The van der Waals surface area contributed by atoms with Crippen LogP contribution in [0.2, 0.25) is 10.0 Å². The van der Waals surface area contributed by atoms with E-state index in [0.29, 0.717) is 27.2 Å². The van der Waals surface area contributed by atoms with Gasteiger partial charge in [0, 0.05) is 21.4 Å². The average Bonchev–Trinajstić information content (AvgIpc) is 2.40. The van der Waals surface area contributed by atoms with Crippen LogP contribution in [0.1, 0.15) is 6.42 Å². The van der Waals surface area contributed by atoms with Crippen molar-refractivity contribution in [3.63, 3.8) is 0 Å². The number of hydrogen-bond acceptors (Lipinski definition) is 3. The molecule has 3 N–H and O–H groups in total. The fraction of sp³-hybridized carbons (Fsp3) is 0.133. The molecule has 0 aliphatic carbocycles. The molecule has 0 unspecified atom stereocenters. The number of carbonyl (C=O) groups is 1. The predicted molar refractivity (Wildman–Crippen MR) is 86.1 cm³/mol. The number of halogens is 2. The van der Waals surface area contributed by atoms with Gasteiger partial charge in [-0.3, -0.25) is 4.79 Å². The summed E-state index contributed by atoms with van der Waals surface area (Å²) in [7, 11) is 0. The summed E-state index contributed by atoms with van der Waals surface area (Å²) >= 11 is 11.7. The SMILES string of the molecule is Nc1ccc(NC(=O)CCOc2cc(Cl)cc(Cl)c2)cc1. The van der Waals surface area contributed by atoms with Crippen LogP contribution < -0.4 is 15.8 Å². The summed E-state index contributed by atoms with van der Waals surface area (Å²) in [6.07, 6.45) is 0.217. The molecule has 0 saturated carbocycles. The molecular weight excluding hydrogens is 311 g/mol. The van der Waals surface area contributed by atoms with Crippen LogP contribution in [0, 0.1) is 0 Å². The minimum absolute atomic E-state index is 0.145. The Morgan fingerprint density at radius 1 is 1.10 bits per heavy atom. The van der Waals surface area contributed by atoms with Gasteiger partial charge in [0.15, 0.2) is 0 Å². The zero-order valence-corrected chi connectivity index (χ0v) is 12.6. The second kappa shape index (κ2) is 7.20. The second-order valence-electron chi connectivity index (χ2n) is 4.37. The summed E-state index contributed by atoms with van der Waals surface area (Å²) in [4.78, 5) is 11.7. The lowest BCUT2D eigenvalue weighted by Gasteiger charge is -2.08. The number of nitrogen functional groups attached to an aromatic ring is 1. The Morgan fingerprint density at radius 3 is 2.33 bits per heavy atom. The number of anilines is 2. The largest absolute Gasteiger partial charge is 0.493 e. The van der Waals surface area contributed by atoms with Crippen molar-refractivity contribution in [1.82, 2.24) is 0 Å². The van der Waals surface area contributed by atoms with Crippen molar-refractivity contribution in [3.05, 3.63) is 52.5 Å². The predicted octanol–water partition coefficient (Wildman–Crippen LogP) is 3.98. The van der Waals surface area contributed by atoms with E-state index in [4.69, 9.17) is 33.7 Å². The van der Waals surface area contributed by atoms with Gasteiger partial charge in [-0.1, -0.05) is 23.2 Å². The quantitative estimate of drug-likeness (QED) is 0.817. The van der Waals surface area contributed by atoms with Crippen molar-refractivity contribution in [1.29, 1.82) is 0 Å². The minimum atomic E-state index is -0.145. The van der Waals surface area contributed by atoms with Gasteiger partial charge in [0.2, 0.25) is 5.91 Å². The van der Waals surface area contributed by atoms with Crippen molar-refractivity contribution in [2.75, 3.05) is 17.7 Å². The highest BCUT2D eigenvalue weighted by molar-refractivity contribution is 6.34. The fourth-order valence-electron chi connectivity index (χ4n) is 1.66. The standard InChI is InChI=1S/C15H14Cl2N2O2/c16-10-7-11(17)9-14(8-10)21-6-5-15(20)19-13-3-1-12(18)2-4-13/h1-4,7-9H,5-6,18H2,(H,19,20). The first-order valence-electron chi connectivity index (χ1n) is 6.27. The summed E-state index contributed by atoms with van der Waals surface area (Å²) in [6, 6.07) is 11.8. The summed E-state index contributed by atoms with van der Waals surface area (Å²) in [5, 5.41) is 3.73. The Hall–Kier alpha value is -1.91. The van der Waals surface area contributed by atoms with Crippen molar-refractivity contribution in [2.45, 2.75) is 6.42 Å². The molecule has 0 heterocycles. The van der Waals surface area contributed by atoms with Crippen LogP contribution in [0.4, 0.5) is 11.4 Å². The van der Waals surface area contributed by atoms with Gasteiger partial charge in [-0.25, -0.2) is 0 Å². The average molecular weight is 325 g/mol. The van der Waals surface area contributed by atoms with Crippen molar-refractivity contribution in [2.24, 2.45) is 0 Å². The normalized spacial score (nSPS) is 10.2. The number of nitrogens with two attached hydrogens (primary N) is 1. The molecule has 0 fully saturated rings. The summed E-state index contributed by atoms with van der Waals surface area (Å²) in [5.74, 6) is 0.390. The van der Waals surface area contributed by atoms with Crippen molar-refractivity contribution < 1.29 is 9.53 Å². The molecule has 110 valence electrons. The molecule has 21 heavy (non-hydrogen) atoms. The molecule has 2 aromatic carbocycles. The number of rotatable bonds is 5. The molecule has 0 radical (unpaired) electrons. The van der Waals surface area contributed by atoms with E-state index >= 15 is 0 Å². The molecular formula is C15H14Cl2N2O2. The number of nitrogens with one attached hydrogen (secondary N) is 1. The van der Waals surface area contributed by atoms with Gasteiger partial charge in [-0.05, 0) is 42.5 Å². The van der Waals surface area contributed by atoms with Crippen molar-refractivity contribution in [3.8, 4) is 5.75 Å². The number of hydrogen-bond donors (Lipinski definition) is 2. The number of ether oxygens (including phenoxy) is 1. The van der Waals surface area contributed by atoms with Gasteiger partial charge in [-0.2, -0.15) is 0 Å².